The van der Waals surface area contributed by atoms with Crippen LogP contribution < -0.4 is 5.32 Å². The van der Waals surface area contributed by atoms with Crippen molar-refractivity contribution in [2.24, 2.45) is 0 Å². The first kappa shape index (κ1) is 14.7. The molecule has 2 rings (SSSR count). The molecule has 0 aromatic heterocycles. The summed E-state index contributed by atoms with van der Waals surface area (Å²) in [5.41, 5.74) is 1.10. The smallest absolute Gasteiger partial charge is 0.240 e. The summed E-state index contributed by atoms with van der Waals surface area (Å²) >= 11 is 7.72. The molecule has 1 aromatic rings. The Bertz CT molecular complexity index is 432. The fourth-order valence-electron chi connectivity index (χ4n) is 2.13. The fraction of sp³-hybridized carbons (Fsp3) is 0.500. The summed E-state index contributed by atoms with van der Waals surface area (Å²) in [6.45, 7) is 2.95. The number of halogens is 1. The van der Waals surface area contributed by atoms with E-state index in [1.807, 2.05) is 54.9 Å². The van der Waals surface area contributed by atoms with Crippen LogP contribution in [0.1, 0.15) is 18.5 Å². The highest BCUT2D eigenvalue weighted by Crippen LogP contribution is 2.22. The highest BCUT2D eigenvalue weighted by atomic mass is 35.5. The lowest BCUT2D eigenvalue weighted by Gasteiger charge is -2.31. The number of benzene rings is 1. The van der Waals surface area contributed by atoms with Gasteiger partial charge in [-0.05, 0) is 24.6 Å². The minimum Gasteiger partial charge on any atom is -0.338 e. The maximum atomic E-state index is 12.4. The minimum atomic E-state index is -0.0569. The summed E-state index contributed by atoms with van der Waals surface area (Å²) < 4.78 is 0. The predicted molar refractivity (Wildman–Crippen MR) is 81.8 cm³/mol. The van der Waals surface area contributed by atoms with Crippen molar-refractivity contribution in [1.29, 1.82) is 0 Å². The van der Waals surface area contributed by atoms with Crippen LogP contribution in [0.15, 0.2) is 24.3 Å². The van der Waals surface area contributed by atoms with Gasteiger partial charge < -0.3 is 10.2 Å². The maximum absolute atomic E-state index is 12.4. The second-order valence-electron chi connectivity index (χ2n) is 4.76. The Hall–Kier alpha value is -0.710. The van der Waals surface area contributed by atoms with Gasteiger partial charge in [-0.15, -0.1) is 0 Å². The largest absolute Gasteiger partial charge is 0.338 e. The number of likely N-dealkylation sites (N-methyl/N-ethyl adjacent to an activating group) is 1. The summed E-state index contributed by atoms with van der Waals surface area (Å²) in [7, 11) is 1.86. The molecule has 0 saturated carbocycles. The maximum Gasteiger partial charge on any atom is 0.240 e. The molecule has 0 bridgehead atoms. The predicted octanol–water partition coefficient (Wildman–Crippen LogP) is 2.56. The summed E-state index contributed by atoms with van der Waals surface area (Å²) in [6.07, 6.45) is 0. The highest BCUT2D eigenvalue weighted by molar-refractivity contribution is 7.99. The number of hydrogen-bond donors (Lipinski definition) is 1. The molecule has 104 valence electrons. The molecule has 2 unspecified atom stereocenters. The molecule has 3 nitrogen and oxygen atoms in total. The van der Waals surface area contributed by atoms with Crippen LogP contribution in [0.5, 0.6) is 0 Å². The van der Waals surface area contributed by atoms with E-state index < -0.39 is 0 Å². The Kier molecular flexibility index (Phi) is 5.13. The van der Waals surface area contributed by atoms with Crippen molar-refractivity contribution in [2.75, 3.05) is 25.1 Å². The van der Waals surface area contributed by atoms with Gasteiger partial charge in [-0.3, -0.25) is 4.79 Å². The van der Waals surface area contributed by atoms with Gasteiger partial charge in [0.15, 0.2) is 0 Å². The zero-order valence-corrected chi connectivity index (χ0v) is 12.8. The van der Waals surface area contributed by atoms with E-state index in [9.17, 15) is 4.79 Å². The molecule has 1 amide bonds. The van der Waals surface area contributed by atoms with Gasteiger partial charge in [0.2, 0.25) is 5.91 Å². The van der Waals surface area contributed by atoms with Crippen LogP contribution in [-0.2, 0) is 4.79 Å². The van der Waals surface area contributed by atoms with Crippen LogP contribution in [0.25, 0.3) is 0 Å². The fourth-order valence-corrected chi connectivity index (χ4v) is 3.18. The van der Waals surface area contributed by atoms with Crippen LogP contribution in [0.2, 0.25) is 5.02 Å². The van der Waals surface area contributed by atoms with Crippen molar-refractivity contribution in [3.05, 3.63) is 34.9 Å². The van der Waals surface area contributed by atoms with Crippen molar-refractivity contribution in [2.45, 2.75) is 19.0 Å². The first-order valence-corrected chi connectivity index (χ1v) is 7.96. The Morgan fingerprint density at radius 3 is 2.74 bits per heavy atom. The molecule has 0 spiro atoms. The Morgan fingerprint density at radius 1 is 1.47 bits per heavy atom. The molecule has 1 N–H and O–H groups in total. The van der Waals surface area contributed by atoms with E-state index in [4.69, 9.17) is 11.6 Å². The lowest BCUT2D eigenvalue weighted by atomic mass is 10.1. The average molecular weight is 299 g/mol. The third-order valence-electron chi connectivity index (χ3n) is 3.50. The van der Waals surface area contributed by atoms with E-state index in [1.54, 1.807) is 0 Å². The van der Waals surface area contributed by atoms with Gasteiger partial charge in [0.25, 0.3) is 0 Å². The van der Waals surface area contributed by atoms with Crippen LogP contribution in [-0.4, -0.2) is 41.9 Å². The lowest BCUT2D eigenvalue weighted by Crippen LogP contribution is -2.49. The molecule has 5 heteroatoms. The Balaban J connectivity index is 2.03. The Morgan fingerprint density at radius 2 is 2.16 bits per heavy atom. The SMILES string of the molecule is CC(c1ccc(Cl)cc1)N(C)C(=O)C1CSCCN1. The number of carbonyl (C=O) groups excluding carboxylic acids is 1. The van der Waals surface area contributed by atoms with Crippen molar-refractivity contribution in [3.8, 4) is 0 Å². The van der Waals surface area contributed by atoms with Gasteiger partial charge in [0.1, 0.15) is 0 Å². The molecule has 1 aliphatic heterocycles. The van der Waals surface area contributed by atoms with Gasteiger partial charge in [-0.2, -0.15) is 11.8 Å². The van der Waals surface area contributed by atoms with Gasteiger partial charge in [0.05, 0.1) is 12.1 Å². The van der Waals surface area contributed by atoms with E-state index in [-0.39, 0.29) is 18.0 Å². The zero-order valence-electron chi connectivity index (χ0n) is 11.2. The van der Waals surface area contributed by atoms with Crippen LogP contribution in [0, 0.1) is 0 Å². The van der Waals surface area contributed by atoms with Crippen LogP contribution in [0.3, 0.4) is 0 Å². The minimum absolute atomic E-state index is 0.0542. The number of nitrogens with one attached hydrogen (secondary N) is 1. The number of nitrogens with zero attached hydrogens (tertiary/aromatic N) is 1. The summed E-state index contributed by atoms with van der Waals surface area (Å²) in [4.78, 5) is 14.2. The third-order valence-corrected chi connectivity index (χ3v) is 4.81. The molecule has 1 heterocycles. The molecular weight excluding hydrogens is 280 g/mol. The summed E-state index contributed by atoms with van der Waals surface area (Å²) in [5, 5.41) is 4.00. The normalized spacial score (nSPS) is 20.9. The molecular formula is C14H19ClN2OS. The molecule has 1 aliphatic rings. The van der Waals surface area contributed by atoms with E-state index in [0.717, 1.165) is 28.6 Å². The monoisotopic (exact) mass is 298 g/mol. The van der Waals surface area contributed by atoms with E-state index in [2.05, 4.69) is 5.32 Å². The quantitative estimate of drug-likeness (QED) is 0.931. The van der Waals surface area contributed by atoms with Crippen molar-refractivity contribution in [1.82, 2.24) is 10.2 Å². The summed E-state index contributed by atoms with van der Waals surface area (Å²) in [5.74, 6) is 2.10. The molecule has 19 heavy (non-hydrogen) atoms. The van der Waals surface area contributed by atoms with Gasteiger partial charge in [0, 0.05) is 30.1 Å². The molecule has 1 saturated heterocycles. The standard InChI is InChI=1S/C14H19ClN2OS/c1-10(11-3-5-12(15)6-4-11)17(2)14(18)13-9-19-8-7-16-13/h3-6,10,13,16H,7-9H2,1-2H3. The van der Waals surface area contributed by atoms with E-state index >= 15 is 0 Å². The second-order valence-corrected chi connectivity index (χ2v) is 6.34. The molecule has 1 fully saturated rings. The van der Waals surface area contributed by atoms with Gasteiger partial charge >= 0.3 is 0 Å². The summed E-state index contributed by atoms with van der Waals surface area (Å²) in [6, 6.07) is 7.66. The first-order chi connectivity index (χ1) is 9.09. The van der Waals surface area contributed by atoms with E-state index in [1.165, 1.54) is 0 Å². The number of carbonyl (C=O) groups is 1. The second kappa shape index (κ2) is 6.64. The Labute approximate surface area is 123 Å². The van der Waals surface area contributed by atoms with Crippen molar-refractivity contribution in [3.63, 3.8) is 0 Å². The average Bonchev–Trinajstić information content (AvgIpc) is 2.46. The highest BCUT2D eigenvalue weighted by Gasteiger charge is 2.26. The topological polar surface area (TPSA) is 32.3 Å². The molecule has 0 radical (unpaired) electrons. The first-order valence-electron chi connectivity index (χ1n) is 6.43. The third kappa shape index (κ3) is 3.65. The molecule has 1 aromatic carbocycles. The number of rotatable bonds is 3. The lowest BCUT2D eigenvalue weighted by molar-refractivity contribution is -0.133. The van der Waals surface area contributed by atoms with Crippen LogP contribution >= 0.6 is 23.4 Å². The molecule has 2 atom stereocenters. The van der Waals surface area contributed by atoms with E-state index in [0.29, 0.717) is 0 Å². The molecule has 0 aliphatic carbocycles. The number of amides is 1. The van der Waals surface area contributed by atoms with Crippen LogP contribution in [0.4, 0.5) is 0 Å². The van der Waals surface area contributed by atoms with Crippen molar-refractivity contribution >= 4 is 29.3 Å². The van der Waals surface area contributed by atoms with Crippen molar-refractivity contribution < 1.29 is 4.79 Å². The number of thioether (sulfide) groups is 1. The van der Waals surface area contributed by atoms with Gasteiger partial charge in [-0.1, -0.05) is 23.7 Å². The van der Waals surface area contributed by atoms with Gasteiger partial charge in [-0.25, -0.2) is 0 Å². The zero-order chi connectivity index (χ0) is 13.8. The number of hydrogen-bond acceptors (Lipinski definition) is 3.